The highest BCUT2D eigenvalue weighted by Crippen LogP contribution is 2.40. The Hall–Kier alpha value is -4.08. The van der Waals surface area contributed by atoms with E-state index in [1.807, 2.05) is 12.1 Å². The van der Waals surface area contributed by atoms with Crippen molar-refractivity contribution in [3.63, 3.8) is 0 Å². The largest absolute Gasteiger partial charge is 0.457 e. The van der Waals surface area contributed by atoms with E-state index in [0.29, 0.717) is 29.7 Å². The van der Waals surface area contributed by atoms with Crippen LogP contribution in [0.5, 0.6) is 11.5 Å². The summed E-state index contributed by atoms with van der Waals surface area (Å²) in [6.45, 7) is 0.683. The van der Waals surface area contributed by atoms with Crippen LogP contribution in [0.25, 0.3) is 22.3 Å². The Morgan fingerprint density at radius 2 is 1.29 bits per heavy atom. The van der Waals surface area contributed by atoms with Crippen LogP contribution in [0.3, 0.4) is 0 Å². The van der Waals surface area contributed by atoms with Crippen LogP contribution in [0, 0.1) is 35.0 Å². The zero-order chi connectivity index (χ0) is 32.3. The van der Waals surface area contributed by atoms with Gasteiger partial charge in [-0.15, -0.1) is 0 Å². The van der Waals surface area contributed by atoms with Gasteiger partial charge in [-0.3, -0.25) is 0 Å². The molecule has 4 aromatic rings. The minimum absolute atomic E-state index is 0.0561. The first-order valence-electron chi connectivity index (χ1n) is 14.6. The molecule has 0 aromatic heterocycles. The second-order valence-corrected chi connectivity index (χ2v) is 11.2. The molecule has 0 saturated heterocycles. The number of halogens is 8. The van der Waals surface area contributed by atoms with E-state index in [1.165, 1.54) is 12.8 Å². The fraction of sp³-hybridized carbons (Fsp3) is 0.314. The second-order valence-electron chi connectivity index (χ2n) is 11.2. The SMILES string of the molecule is CCCC1CCC(c2ccc(-c3cc(F)c(C(F)(F)Oc4ccc(-c5cc(F)c(OCF)c(F)c5)c(F)c4)c(F)c3)cc2)CC1. The predicted molar refractivity (Wildman–Crippen MR) is 154 cm³/mol. The number of hydrogen-bond donors (Lipinski definition) is 0. The van der Waals surface area contributed by atoms with Gasteiger partial charge in [0.2, 0.25) is 6.86 Å². The molecular formula is C35H30F8O2. The van der Waals surface area contributed by atoms with E-state index in [1.54, 1.807) is 12.1 Å². The quantitative estimate of drug-likeness (QED) is 0.162. The van der Waals surface area contributed by atoms with Gasteiger partial charge in [0.05, 0.1) is 0 Å². The van der Waals surface area contributed by atoms with E-state index in [-0.39, 0.29) is 11.1 Å². The van der Waals surface area contributed by atoms with Crippen LogP contribution in [0.1, 0.15) is 62.5 Å². The summed E-state index contributed by atoms with van der Waals surface area (Å²) in [5.41, 5.74) is -0.784. The molecule has 0 N–H and O–H groups in total. The smallest absolute Gasteiger partial charge is 0.432 e. The third kappa shape index (κ3) is 7.10. The van der Waals surface area contributed by atoms with Gasteiger partial charge >= 0.3 is 6.11 Å². The van der Waals surface area contributed by atoms with Crippen molar-refractivity contribution in [3.8, 4) is 33.8 Å². The molecule has 10 heteroatoms. The molecule has 5 rings (SSSR count). The Bertz CT molecular complexity index is 1600. The minimum atomic E-state index is -4.55. The molecule has 0 radical (unpaired) electrons. The zero-order valence-corrected chi connectivity index (χ0v) is 24.3. The summed E-state index contributed by atoms with van der Waals surface area (Å²) >= 11 is 0. The average Bonchev–Trinajstić information content (AvgIpc) is 2.99. The first-order chi connectivity index (χ1) is 21.5. The summed E-state index contributed by atoms with van der Waals surface area (Å²) in [5, 5.41) is 0. The van der Waals surface area contributed by atoms with Crippen LogP contribution >= 0.6 is 0 Å². The van der Waals surface area contributed by atoms with E-state index in [4.69, 9.17) is 0 Å². The normalized spacial score (nSPS) is 16.9. The van der Waals surface area contributed by atoms with E-state index in [0.717, 1.165) is 61.4 Å². The van der Waals surface area contributed by atoms with Gasteiger partial charge in [0.25, 0.3) is 0 Å². The van der Waals surface area contributed by atoms with Crippen LogP contribution in [0.4, 0.5) is 35.1 Å². The maximum atomic E-state index is 15.0. The number of rotatable bonds is 10. The lowest BCUT2D eigenvalue weighted by Gasteiger charge is -2.28. The maximum Gasteiger partial charge on any atom is 0.432 e. The number of ether oxygens (including phenoxy) is 2. The number of alkyl halides is 3. The highest BCUT2D eigenvalue weighted by molar-refractivity contribution is 5.67. The first-order valence-corrected chi connectivity index (χ1v) is 14.6. The molecule has 4 aromatic carbocycles. The number of hydrogen-bond acceptors (Lipinski definition) is 2. The van der Waals surface area contributed by atoms with Crippen LogP contribution < -0.4 is 9.47 Å². The average molecular weight is 635 g/mol. The lowest BCUT2D eigenvalue weighted by atomic mass is 9.77. The van der Waals surface area contributed by atoms with Gasteiger partial charge in [-0.2, -0.15) is 8.78 Å². The van der Waals surface area contributed by atoms with Crippen LogP contribution in [0.15, 0.2) is 66.7 Å². The molecule has 0 aliphatic heterocycles. The van der Waals surface area contributed by atoms with Crippen molar-refractivity contribution in [3.05, 3.63) is 107 Å². The van der Waals surface area contributed by atoms with Crippen LogP contribution in [-0.4, -0.2) is 6.86 Å². The molecule has 1 aliphatic carbocycles. The van der Waals surface area contributed by atoms with Gasteiger partial charge in [-0.05, 0) is 96.2 Å². The van der Waals surface area contributed by atoms with Gasteiger partial charge in [0, 0.05) is 11.6 Å². The van der Waals surface area contributed by atoms with Gasteiger partial charge < -0.3 is 9.47 Å². The molecule has 0 amide bonds. The van der Waals surface area contributed by atoms with Crippen molar-refractivity contribution in [1.29, 1.82) is 0 Å². The molecule has 45 heavy (non-hydrogen) atoms. The van der Waals surface area contributed by atoms with E-state index < -0.39 is 64.7 Å². The summed E-state index contributed by atoms with van der Waals surface area (Å²) in [4.78, 5) is 0. The molecule has 2 nitrogen and oxygen atoms in total. The van der Waals surface area contributed by atoms with Crippen molar-refractivity contribution in [2.45, 2.75) is 57.5 Å². The summed E-state index contributed by atoms with van der Waals surface area (Å²) in [7, 11) is 0. The van der Waals surface area contributed by atoms with Gasteiger partial charge in [-0.25, -0.2) is 26.3 Å². The Morgan fingerprint density at radius 1 is 0.689 bits per heavy atom. The fourth-order valence-corrected chi connectivity index (χ4v) is 6.06. The molecule has 1 fully saturated rings. The Kier molecular flexibility index (Phi) is 9.70. The molecule has 1 saturated carbocycles. The van der Waals surface area contributed by atoms with Gasteiger partial charge in [0.15, 0.2) is 17.4 Å². The van der Waals surface area contributed by atoms with E-state index in [9.17, 15) is 17.6 Å². The summed E-state index contributed by atoms with van der Waals surface area (Å²) in [5.74, 6) is -7.64. The van der Waals surface area contributed by atoms with E-state index in [2.05, 4.69) is 16.4 Å². The zero-order valence-electron chi connectivity index (χ0n) is 24.3. The number of benzene rings is 4. The lowest BCUT2D eigenvalue weighted by Crippen LogP contribution is -2.25. The maximum absolute atomic E-state index is 15.0. The molecule has 0 bridgehead atoms. The Balaban J connectivity index is 1.32. The van der Waals surface area contributed by atoms with Crippen LogP contribution in [0.2, 0.25) is 0 Å². The van der Waals surface area contributed by atoms with Crippen molar-refractivity contribution in [2.75, 3.05) is 6.86 Å². The highest BCUT2D eigenvalue weighted by Gasteiger charge is 2.41. The molecule has 0 unspecified atom stereocenters. The monoisotopic (exact) mass is 634 g/mol. The summed E-state index contributed by atoms with van der Waals surface area (Å²) in [6.07, 6.45) is 2.32. The molecule has 0 atom stereocenters. The standard InChI is InChI=1S/C35H30F8O2/c1-2-3-20-4-6-21(7-5-20)22-8-10-23(11-9-22)24-14-29(38)33(30(39)15-24)35(42,43)45-26-12-13-27(28(37)18-26)25-16-31(40)34(44-19-36)32(41)17-25/h8-18,20-21H,2-7,19H2,1H3. The highest BCUT2D eigenvalue weighted by atomic mass is 19.3. The van der Waals surface area contributed by atoms with E-state index >= 15 is 17.6 Å². The molecule has 1 aliphatic rings. The van der Waals surface area contributed by atoms with Crippen molar-refractivity contribution in [2.24, 2.45) is 5.92 Å². The van der Waals surface area contributed by atoms with Crippen molar-refractivity contribution >= 4 is 0 Å². The third-order valence-electron chi connectivity index (χ3n) is 8.29. The summed E-state index contributed by atoms with van der Waals surface area (Å²) < 4.78 is 124. The van der Waals surface area contributed by atoms with Gasteiger partial charge in [0.1, 0.15) is 28.8 Å². The topological polar surface area (TPSA) is 18.5 Å². The van der Waals surface area contributed by atoms with Gasteiger partial charge in [-0.1, -0.05) is 44.0 Å². The molecular weight excluding hydrogens is 604 g/mol. The molecule has 0 heterocycles. The molecule has 238 valence electrons. The second kappa shape index (κ2) is 13.5. The van der Waals surface area contributed by atoms with Crippen molar-refractivity contribution < 1.29 is 44.6 Å². The molecule has 0 spiro atoms. The Labute approximate surface area is 255 Å². The third-order valence-corrected chi connectivity index (χ3v) is 8.29. The fourth-order valence-electron chi connectivity index (χ4n) is 6.06. The van der Waals surface area contributed by atoms with Crippen molar-refractivity contribution in [1.82, 2.24) is 0 Å². The van der Waals surface area contributed by atoms with Crippen LogP contribution in [-0.2, 0) is 6.11 Å². The predicted octanol–water partition coefficient (Wildman–Crippen LogP) is 11.2. The Morgan fingerprint density at radius 3 is 1.84 bits per heavy atom. The summed E-state index contributed by atoms with van der Waals surface area (Å²) in [6, 6.07) is 12.3. The lowest BCUT2D eigenvalue weighted by molar-refractivity contribution is -0.189. The minimum Gasteiger partial charge on any atom is -0.457 e. The first kappa shape index (κ1) is 32.3.